The molecule has 2 aromatic carbocycles. The molecule has 0 heterocycles. The van der Waals surface area contributed by atoms with E-state index in [1.807, 2.05) is 6.07 Å². The van der Waals surface area contributed by atoms with Gasteiger partial charge in [-0.05, 0) is 75.3 Å². The van der Waals surface area contributed by atoms with E-state index in [2.05, 4.69) is 106 Å². The van der Waals surface area contributed by atoms with Crippen LogP contribution in [0.2, 0.25) is 0 Å². The molecule has 0 bridgehead atoms. The standard InChI is InChI=1S/C29H44O/c1-20-24(30)17-16-23(29(10,11)19-27(5,6)7)25(20)21-14-12-13-15-22(21)28(8,9)18-26(2,3)4/h12-17,30H,18-19H2,1-11H3. The zero-order chi connectivity index (χ0) is 23.1. The van der Waals surface area contributed by atoms with Crippen molar-refractivity contribution in [3.05, 3.63) is 53.1 Å². The molecular weight excluding hydrogens is 364 g/mol. The van der Waals surface area contributed by atoms with Crippen LogP contribution in [0.25, 0.3) is 11.1 Å². The van der Waals surface area contributed by atoms with Gasteiger partial charge in [0.2, 0.25) is 0 Å². The van der Waals surface area contributed by atoms with E-state index in [1.54, 1.807) is 0 Å². The predicted molar refractivity (Wildman–Crippen MR) is 132 cm³/mol. The number of hydrogen-bond donors (Lipinski definition) is 1. The lowest BCUT2D eigenvalue weighted by atomic mass is 9.67. The first-order chi connectivity index (χ1) is 13.4. The second-order valence-electron chi connectivity index (χ2n) is 12.9. The van der Waals surface area contributed by atoms with Crippen LogP contribution >= 0.6 is 0 Å². The Kier molecular flexibility index (Phi) is 6.58. The molecule has 0 aliphatic rings. The second-order valence-corrected chi connectivity index (χ2v) is 12.9. The van der Waals surface area contributed by atoms with Gasteiger partial charge in [0.15, 0.2) is 0 Å². The van der Waals surface area contributed by atoms with Gasteiger partial charge >= 0.3 is 0 Å². The van der Waals surface area contributed by atoms with Crippen molar-refractivity contribution in [2.75, 3.05) is 0 Å². The van der Waals surface area contributed by atoms with Crippen molar-refractivity contribution in [1.82, 2.24) is 0 Å². The maximum Gasteiger partial charge on any atom is 0.119 e. The quantitative estimate of drug-likeness (QED) is 0.524. The average molecular weight is 409 g/mol. The summed E-state index contributed by atoms with van der Waals surface area (Å²) in [5.74, 6) is 0.378. The topological polar surface area (TPSA) is 20.2 Å². The summed E-state index contributed by atoms with van der Waals surface area (Å²) in [6.45, 7) is 25.3. The van der Waals surface area contributed by atoms with Crippen LogP contribution in [0.15, 0.2) is 36.4 Å². The highest BCUT2D eigenvalue weighted by Gasteiger charge is 2.34. The molecule has 166 valence electrons. The summed E-state index contributed by atoms with van der Waals surface area (Å²) in [6.07, 6.45) is 2.17. The Labute approximate surface area is 185 Å². The van der Waals surface area contributed by atoms with Crippen LogP contribution in [-0.4, -0.2) is 5.11 Å². The summed E-state index contributed by atoms with van der Waals surface area (Å²) in [4.78, 5) is 0. The predicted octanol–water partition coefficient (Wildman–Crippen LogP) is 8.80. The van der Waals surface area contributed by atoms with Crippen LogP contribution in [-0.2, 0) is 10.8 Å². The first-order valence-electron chi connectivity index (χ1n) is 11.4. The summed E-state index contributed by atoms with van der Waals surface area (Å²) in [5.41, 5.74) is 6.61. The maximum atomic E-state index is 10.7. The lowest BCUT2D eigenvalue weighted by Gasteiger charge is -2.37. The van der Waals surface area contributed by atoms with Crippen molar-refractivity contribution in [1.29, 1.82) is 0 Å². The second kappa shape index (κ2) is 8.06. The normalized spacial score (nSPS) is 13.6. The van der Waals surface area contributed by atoms with Crippen LogP contribution in [0.3, 0.4) is 0 Å². The van der Waals surface area contributed by atoms with Gasteiger partial charge in [0.05, 0.1) is 0 Å². The van der Waals surface area contributed by atoms with E-state index >= 15 is 0 Å². The fourth-order valence-electron chi connectivity index (χ4n) is 5.75. The molecule has 1 heteroatoms. The average Bonchev–Trinajstić information content (AvgIpc) is 2.52. The first kappa shape index (κ1) is 24.5. The van der Waals surface area contributed by atoms with E-state index in [1.165, 1.54) is 22.3 Å². The Balaban J connectivity index is 2.79. The number of phenolic OH excluding ortho intramolecular Hbond substituents is 1. The Morgan fingerprint density at radius 1 is 0.633 bits per heavy atom. The molecule has 0 aliphatic heterocycles. The van der Waals surface area contributed by atoms with Gasteiger partial charge in [0.1, 0.15) is 5.75 Å². The van der Waals surface area contributed by atoms with Crippen LogP contribution in [0.1, 0.15) is 98.8 Å². The van der Waals surface area contributed by atoms with Crippen LogP contribution in [0.4, 0.5) is 0 Å². The lowest BCUT2D eigenvalue weighted by Crippen LogP contribution is -2.27. The van der Waals surface area contributed by atoms with Gasteiger partial charge in [0.25, 0.3) is 0 Å². The molecule has 0 aliphatic carbocycles. The highest BCUT2D eigenvalue weighted by Crippen LogP contribution is 2.47. The zero-order valence-corrected chi connectivity index (χ0v) is 21.3. The fraction of sp³-hybridized carbons (Fsp3) is 0.586. The molecule has 1 N–H and O–H groups in total. The molecule has 0 saturated carbocycles. The van der Waals surface area contributed by atoms with Crippen molar-refractivity contribution in [2.45, 2.75) is 99.8 Å². The summed E-state index contributed by atoms with van der Waals surface area (Å²) < 4.78 is 0. The van der Waals surface area contributed by atoms with Crippen LogP contribution in [0.5, 0.6) is 5.75 Å². The minimum atomic E-state index is -0.00662. The molecule has 0 aromatic heterocycles. The molecule has 2 rings (SSSR count). The Bertz CT molecular complexity index is 886. The van der Waals surface area contributed by atoms with Gasteiger partial charge in [-0.2, -0.15) is 0 Å². The highest BCUT2D eigenvalue weighted by molar-refractivity contribution is 5.78. The van der Waals surface area contributed by atoms with Crippen LogP contribution < -0.4 is 0 Å². The molecular formula is C29H44O. The molecule has 0 radical (unpaired) electrons. The SMILES string of the molecule is Cc1c(O)ccc(C(C)(C)CC(C)(C)C)c1-c1ccccc1C(C)(C)CC(C)(C)C. The van der Waals surface area contributed by atoms with Gasteiger partial charge in [-0.15, -0.1) is 0 Å². The van der Waals surface area contributed by atoms with E-state index < -0.39 is 0 Å². The molecule has 0 saturated heterocycles. The van der Waals surface area contributed by atoms with E-state index in [0.29, 0.717) is 5.75 Å². The highest BCUT2D eigenvalue weighted by atomic mass is 16.3. The minimum absolute atomic E-state index is 0.00662. The third-order valence-corrected chi connectivity index (χ3v) is 6.04. The van der Waals surface area contributed by atoms with Crippen molar-refractivity contribution in [2.24, 2.45) is 10.8 Å². The maximum absolute atomic E-state index is 10.7. The fourth-order valence-corrected chi connectivity index (χ4v) is 5.75. The molecule has 1 nitrogen and oxygen atoms in total. The number of rotatable bonds is 5. The van der Waals surface area contributed by atoms with Crippen molar-refractivity contribution >= 4 is 0 Å². The van der Waals surface area contributed by atoms with Gasteiger partial charge in [-0.25, -0.2) is 0 Å². The van der Waals surface area contributed by atoms with E-state index in [4.69, 9.17) is 0 Å². The zero-order valence-electron chi connectivity index (χ0n) is 21.3. The Morgan fingerprint density at radius 3 is 1.60 bits per heavy atom. The number of hydrogen-bond acceptors (Lipinski definition) is 1. The summed E-state index contributed by atoms with van der Waals surface area (Å²) in [6, 6.07) is 12.8. The van der Waals surface area contributed by atoms with Gasteiger partial charge in [0, 0.05) is 0 Å². The Morgan fingerprint density at radius 2 is 1.10 bits per heavy atom. The molecule has 30 heavy (non-hydrogen) atoms. The minimum Gasteiger partial charge on any atom is -0.508 e. The number of phenols is 1. The third-order valence-electron chi connectivity index (χ3n) is 6.04. The summed E-state index contributed by atoms with van der Waals surface area (Å²) >= 11 is 0. The molecule has 2 aromatic rings. The van der Waals surface area contributed by atoms with Gasteiger partial charge in [-0.1, -0.05) is 99.6 Å². The molecule has 0 amide bonds. The third kappa shape index (κ3) is 5.68. The lowest BCUT2D eigenvalue weighted by molar-refractivity contribution is 0.282. The van der Waals surface area contributed by atoms with E-state index in [-0.39, 0.29) is 21.7 Å². The summed E-state index contributed by atoms with van der Waals surface area (Å²) in [5, 5.41) is 10.7. The van der Waals surface area contributed by atoms with Crippen molar-refractivity contribution in [3.63, 3.8) is 0 Å². The van der Waals surface area contributed by atoms with E-state index in [9.17, 15) is 5.11 Å². The Hall–Kier alpha value is -1.76. The van der Waals surface area contributed by atoms with Gasteiger partial charge < -0.3 is 5.11 Å². The number of aromatic hydroxyl groups is 1. The van der Waals surface area contributed by atoms with Gasteiger partial charge in [-0.3, -0.25) is 0 Å². The van der Waals surface area contributed by atoms with E-state index in [0.717, 1.165) is 18.4 Å². The number of benzene rings is 2. The molecule has 0 fully saturated rings. The van der Waals surface area contributed by atoms with Crippen LogP contribution in [0, 0.1) is 17.8 Å². The monoisotopic (exact) mass is 408 g/mol. The molecule has 0 atom stereocenters. The summed E-state index contributed by atoms with van der Waals surface area (Å²) in [7, 11) is 0. The van der Waals surface area contributed by atoms with Crippen molar-refractivity contribution in [3.8, 4) is 16.9 Å². The smallest absolute Gasteiger partial charge is 0.119 e. The molecule has 0 unspecified atom stereocenters. The first-order valence-corrected chi connectivity index (χ1v) is 11.4. The molecule has 0 spiro atoms. The van der Waals surface area contributed by atoms with Crippen molar-refractivity contribution < 1.29 is 5.11 Å². The largest absolute Gasteiger partial charge is 0.508 e.